The summed E-state index contributed by atoms with van der Waals surface area (Å²) in [6, 6.07) is 11.8. The molecule has 1 aromatic heterocycles. The largest absolute Gasteiger partial charge is 0.479 e. The lowest BCUT2D eigenvalue weighted by Gasteiger charge is -2.13. The molecule has 20 heavy (non-hydrogen) atoms. The van der Waals surface area contributed by atoms with Crippen molar-refractivity contribution in [2.45, 2.75) is 6.54 Å². The summed E-state index contributed by atoms with van der Waals surface area (Å²) in [7, 11) is 5.67. The fourth-order valence-corrected chi connectivity index (χ4v) is 2.08. The Morgan fingerprint density at radius 1 is 1.25 bits per heavy atom. The smallest absolute Gasteiger partial charge is 0.238 e. The second-order valence-corrected chi connectivity index (χ2v) is 5.14. The maximum atomic E-state index is 5.86. The summed E-state index contributed by atoms with van der Waals surface area (Å²) >= 11 is 5.86. The molecule has 1 aromatic carbocycles. The van der Waals surface area contributed by atoms with E-state index in [1.165, 1.54) is 5.56 Å². The average molecular weight is 292 g/mol. The van der Waals surface area contributed by atoms with Crippen LogP contribution in [0, 0.1) is 0 Å². The molecule has 2 aromatic rings. The van der Waals surface area contributed by atoms with E-state index in [0.29, 0.717) is 11.0 Å². The fourth-order valence-electron chi connectivity index (χ4n) is 1.94. The van der Waals surface area contributed by atoms with Gasteiger partial charge in [0.1, 0.15) is 10.8 Å². The molecule has 0 spiro atoms. The van der Waals surface area contributed by atoms with Crippen LogP contribution in [-0.2, 0) is 6.54 Å². The minimum atomic E-state index is 0.411. The van der Waals surface area contributed by atoms with Crippen molar-refractivity contribution in [2.24, 2.45) is 0 Å². The molecule has 1 N–H and O–H groups in total. The van der Waals surface area contributed by atoms with Gasteiger partial charge in [-0.05, 0) is 43.9 Å². The van der Waals surface area contributed by atoms with Crippen LogP contribution in [0.25, 0.3) is 0 Å². The summed E-state index contributed by atoms with van der Waals surface area (Å²) in [6.45, 7) is 0.894. The van der Waals surface area contributed by atoms with Gasteiger partial charge in [-0.3, -0.25) is 0 Å². The van der Waals surface area contributed by atoms with E-state index in [1.54, 1.807) is 13.2 Å². The van der Waals surface area contributed by atoms with Gasteiger partial charge in [0.05, 0.1) is 7.11 Å². The maximum Gasteiger partial charge on any atom is 0.238 e. The van der Waals surface area contributed by atoms with Gasteiger partial charge in [-0.1, -0.05) is 23.7 Å². The summed E-state index contributed by atoms with van der Waals surface area (Å²) in [5.74, 6) is 0.482. The first-order valence-corrected chi connectivity index (χ1v) is 6.67. The third kappa shape index (κ3) is 3.85. The van der Waals surface area contributed by atoms with Crippen molar-refractivity contribution >= 4 is 23.0 Å². The number of hydrogen-bond donors (Lipinski definition) is 1. The van der Waals surface area contributed by atoms with Crippen LogP contribution < -0.4 is 10.1 Å². The molecule has 5 heteroatoms. The molecular weight excluding hydrogens is 274 g/mol. The van der Waals surface area contributed by atoms with Crippen LogP contribution in [-0.4, -0.2) is 31.1 Å². The molecule has 0 aliphatic rings. The van der Waals surface area contributed by atoms with E-state index in [-0.39, 0.29) is 0 Å². The van der Waals surface area contributed by atoms with Crippen LogP contribution in [0.15, 0.2) is 36.4 Å². The van der Waals surface area contributed by atoms with Crippen LogP contribution >= 0.6 is 11.6 Å². The number of ether oxygens (including phenoxy) is 1. The van der Waals surface area contributed by atoms with Crippen molar-refractivity contribution in [1.29, 1.82) is 0 Å². The molecule has 0 aliphatic heterocycles. The normalized spacial score (nSPS) is 10.7. The minimum Gasteiger partial charge on any atom is -0.479 e. The molecule has 0 atom stereocenters. The van der Waals surface area contributed by atoms with Gasteiger partial charge in [-0.2, -0.15) is 4.98 Å². The van der Waals surface area contributed by atoms with E-state index in [4.69, 9.17) is 16.3 Å². The van der Waals surface area contributed by atoms with Gasteiger partial charge in [-0.25, -0.2) is 0 Å². The van der Waals surface area contributed by atoms with Gasteiger partial charge >= 0.3 is 0 Å². The van der Waals surface area contributed by atoms with Gasteiger partial charge in [0, 0.05) is 12.2 Å². The minimum absolute atomic E-state index is 0.411. The maximum absolute atomic E-state index is 5.86. The van der Waals surface area contributed by atoms with E-state index in [2.05, 4.69) is 27.3 Å². The standard InChI is InChI=1S/C15H18ClN3O/c1-19(2)10-11-5-4-6-12(9-11)17-13-7-8-14(16)18-15(13)20-3/h4-9,17H,10H2,1-3H3. The number of nitrogens with zero attached hydrogens (tertiary/aromatic N) is 2. The molecule has 0 unspecified atom stereocenters. The first-order valence-electron chi connectivity index (χ1n) is 6.29. The number of hydrogen-bond acceptors (Lipinski definition) is 4. The number of aromatic nitrogens is 1. The third-order valence-corrected chi connectivity index (χ3v) is 2.93. The Hall–Kier alpha value is -1.78. The zero-order chi connectivity index (χ0) is 14.5. The molecule has 0 amide bonds. The Morgan fingerprint density at radius 2 is 2.05 bits per heavy atom. The average Bonchev–Trinajstić information content (AvgIpc) is 2.40. The summed E-state index contributed by atoms with van der Waals surface area (Å²) < 4.78 is 5.23. The van der Waals surface area contributed by atoms with E-state index < -0.39 is 0 Å². The zero-order valence-corrected chi connectivity index (χ0v) is 12.6. The topological polar surface area (TPSA) is 37.4 Å². The molecule has 0 saturated carbocycles. The molecule has 0 bridgehead atoms. The summed E-state index contributed by atoms with van der Waals surface area (Å²) in [5, 5.41) is 3.71. The van der Waals surface area contributed by atoms with E-state index >= 15 is 0 Å². The van der Waals surface area contributed by atoms with E-state index in [0.717, 1.165) is 17.9 Å². The SMILES string of the molecule is COc1nc(Cl)ccc1Nc1cccc(CN(C)C)c1. The van der Waals surface area contributed by atoms with Crippen molar-refractivity contribution in [3.05, 3.63) is 47.1 Å². The number of pyridine rings is 1. The number of methoxy groups -OCH3 is 1. The van der Waals surface area contributed by atoms with E-state index in [1.807, 2.05) is 32.3 Å². The van der Waals surface area contributed by atoms with Gasteiger partial charge in [-0.15, -0.1) is 0 Å². The van der Waals surface area contributed by atoms with Crippen LogP contribution in [0.2, 0.25) is 5.15 Å². The Kier molecular flexibility index (Phi) is 4.82. The van der Waals surface area contributed by atoms with Gasteiger partial charge in [0.15, 0.2) is 0 Å². The molecule has 4 nitrogen and oxygen atoms in total. The first kappa shape index (κ1) is 14.6. The second-order valence-electron chi connectivity index (χ2n) is 4.75. The van der Waals surface area contributed by atoms with Gasteiger partial charge in [0.2, 0.25) is 5.88 Å². The molecule has 0 saturated heterocycles. The van der Waals surface area contributed by atoms with Crippen molar-refractivity contribution in [3.8, 4) is 5.88 Å². The summed E-state index contributed by atoms with van der Waals surface area (Å²) in [6.07, 6.45) is 0. The van der Waals surface area contributed by atoms with Crippen molar-refractivity contribution in [2.75, 3.05) is 26.5 Å². The lowest BCUT2D eigenvalue weighted by Crippen LogP contribution is -2.10. The van der Waals surface area contributed by atoms with Crippen LogP contribution in [0.3, 0.4) is 0 Å². The predicted octanol–water partition coefficient (Wildman–Crippen LogP) is 3.55. The number of nitrogens with one attached hydrogen (secondary N) is 1. The van der Waals surface area contributed by atoms with Crippen molar-refractivity contribution in [3.63, 3.8) is 0 Å². The Labute approximate surface area is 124 Å². The lowest BCUT2D eigenvalue weighted by atomic mass is 10.2. The van der Waals surface area contributed by atoms with Gasteiger partial charge < -0.3 is 15.0 Å². The molecular formula is C15H18ClN3O. The Morgan fingerprint density at radius 3 is 2.75 bits per heavy atom. The Bertz CT molecular complexity index is 587. The number of halogens is 1. The number of rotatable bonds is 5. The third-order valence-electron chi connectivity index (χ3n) is 2.72. The molecule has 1 heterocycles. The molecule has 0 radical (unpaired) electrons. The first-order chi connectivity index (χ1) is 9.58. The van der Waals surface area contributed by atoms with E-state index in [9.17, 15) is 0 Å². The number of anilines is 2. The summed E-state index contributed by atoms with van der Waals surface area (Å²) in [4.78, 5) is 6.26. The lowest BCUT2D eigenvalue weighted by molar-refractivity contribution is 0.400. The molecule has 106 valence electrons. The highest BCUT2D eigenvalue weighted by atomic mass is 35.5. The predicted molar refractivity (Wildman–Crippen MR) is 82.9 cm³/mol. The fraction of sp³-hybridized carbons (Fsp3) is 0.267. The highest BCUT2D eigenvalue weighted by Crippen LogP contribution is 2.27. The number of benzene rings is 1. The molecule has 0 aliphatic carbocycles. The quantitative estimate of drug-likeness (QED) is 0.855. The van der Waals surface area contributed by atoms with Crippen LogP contribution in [0.5, 0.6) is 5.88 Å². The molecule has 2 rings (SSSR count). The monoisotopic (exact) mass is 291 g/mol. The summed E-state index contributed by atoms with van der Waals surface area (Å²) in [5.41, 5.74) is 3.02. The highest BCUT2D eigenvalue weighted by molar-refractivity contribution is 6.29. The van der Waals surface area contributed by atoms with Gasteiger partial charge in [0.25, 0.3) is 0 Å². The zero-order valence-electron chi connectivity index (χ0n) is 11.9. The van der Waals surface area contributed by atoms with Crippen LogP contribution in [0.1, 0.15) is 5.56 Å². The highest BCUT2D eigenvalue weighted by Gasteiger charge is 2.06. The van der Waals surface area contributed by atoms with Crippen molar-refractivity contribution < 1.29 is 4.74 Å². The van der Waals surface area contributed by atoms with Crippen LogP contribution in [0.4, 0.5) is 11.4 Å². The molecule has 0 fully saturated rings. The Balaban J connectivity index is 2.21. The van der Waals surface area contributed by atoms with Crippen molar-refractivity contribution in [1.82, 2.24) is 9.88 Å². The second kappa shape index (κ2) is 6.59.